The van der Waals surface area contributed by atoms with Crippen LogP contribution in [-0.4, -0.2) is 46.1 Å². The van der Waals surface area contributed by atoms with Gasteiger partial charge in [0.15, 0.2) is 0 Å². The molecule has 1 saturated heterocycles. The number of hydrogen-bond acceptors (Lipinski definition) is 3. The second-order valence-corrected chi connectivity index (χ2v) is 6.07. The molecule has 1 aliphatic heterocycles. The minimum absolute atomic E-state index is 0.0574. The number of para-hydroxylation sites is 1. The molecule has 1 fully saturated rings. The van der Waals surface area contributed by atoms with Crippen LogP contribution in [0.4, 0.5) is 5.69 Å². The molecule has 1 atom stereocenters. The monoisotopic (exact) mass is 346 g/mol. The third-order valence-electron chi connectivity index (χ3n) is 4.19. The SMILES string of the molecule is CCC(C(=O)N1CCN(c2ccccc2Cl)C(=O)C1)n1cccn1. The van der Waals surface area contributed by atoms with Crippen molar-refractivity contribution in [1.29, 1.82) is 0 Å². The second-order valence-electron chi connectivity index (χ2n) is 5.67. The van der Waals surface area contributed by atoms with Gasteiger partial charge in [0.05, 0.1) is 10.7 Å². The van der Waals surface area contributed by atoms with Crippen molar-refractivity contribution in [2.75, 3.05) is 24.5 Å². The molecule has 2 aromatic rings. The van der Waals surface area contributed by atoms with E-state index in [1.54, 1.807) is 39.0 Å². The maximum Gasteiger partial charge on any atom is 0.247 e. The topological polar surface area (TPSA) is 58.4 Å². The molecule has 2 heterocycles. The average Bonchev–Trinajstić information content (AvgIpc) is 3.10. The van der Waals surface area contributed by atoms with Crippen LogP contribution in [0.5, 0.6) is 0 Å². The first-order chi connectivity index (χ1) is 11.6. The summed E-state index contributed by atoms with van der Waals surface area (Å²) in [6, 6.07) is 8.65. The fourth-order valence-corrected chi connectivity index (χ4v) is 3.17. The van der Waals surface area contributed by atoms with E-state index in [1.807, 2.05) is 25.1 Å². The number of hydrogen-bond donors (Lipinski definition) is 0. The summed E-state index contributed by atoms with van der Waals surface area (Å²) in [4.78, 5) is 28.5. The van der Waals surface area contributed by atoms with Gasteiger partial charge in [0, 0.05) is 25.5 Å². The quantitative estimate of drug-likeness (QED) is 0.854. The standard InChI is InChI=1S/C17H19ClN4O2/c1-2-14(22-9-5-8-19-22)17(24)20-10-11-21(16(23)12-20)15-7-4-3-6-13(15)18/h3-9,14H,2,10-12H2,1H3. The van der Waals surface area contributed by atoms with Crippen molar-refractivity contribution in [2.45, 2.75) is 19.4 Å². The Hall–Kier alpha value is -2.34. The highest BCUT2D eigenvalue weighted by Crippen LogP contribution is 2.27. The summed E-state index contributed by atoms with van der Waals surface area (Å²) >= 11 is 6.18. The van der Waals surface area contributed by atoms with Gasteiger partial charge in [-0.25, -0.2) is 0 Å². The normalized spacial score (nSPS) is 16.3. The van der Waals surface area contributed by atoms with Gasteiger partial charge in [-0.05, 0) is 24.6 Å². The van der Waals surface area contributed by atoms with E-state index in [9.17, 15) is 9.59 Å². The van der Waals surface area contributed by atoms with Gasteiger partial charge >= 0.3 is 0 Å². The van der Waals surface area contributed by atoms with Crippen LogP contribution in [0.3, 0.4) is 0 Å². The largest absolute Gasteiger partial charge is 0.330 e. The second kappa shape index (κ2) is 7.05. The van der Waals surface area contributed by atoms with Crippen LogP contribution in [-0.2, 0) is 9.59 Å². The minimum Gasteiger partial charge on any atom is -0.330 e. The molecule has 126 valence electrons. The molecule has 0 N–H and O–H groups in total. The molecular formula is C17H19ClN4O2. The van der Waals surface area contributed by atoms with Crippen LogP contribution >= 0.6 is 11.6 Å². The summed E-state index contributed by atoms with van der Waals surface area (Å²) in [7, 11) is 0. The number of halogens is 1. The van der Waals surface area contributed by atoms with Gasteiger partial charge < -0.3 is 9.80 Å². The summed E-state index contributed by atoms with van der Waals surface area (Å²) in [5.74, 6) is -0.202. The Morgan fingerprint density at radius 1 is 1.29 bits per heavy atom. The van der Waals surface area contributed by atoms with Crippen LogP contribution in [0.25, 0.3) is 0 Å². The number of carbonyl (C=O) groups excluding carboxylic acids is 2. The van der Waals surface area contributed by atoms with Crippen molar-refractivity contribution in [3.8, 4) is 0 Å². The number of aromatic nitrogens is 2. The van der Waals surface area contributed by atoms with E-state index in [4.69, 9.17) is 11.6 Å². The first kappa shape index (κ1) is 16.5. The summed E-state index contributed by atoms with van der Waals surface area (Å²) in [5.41, 5.74) is 0.690. The van der Waals surface area contributed by atoms with Gasteiger partial charge in [0.2, 0.25) is 11.8 Å². The van der Waals surface area contributed by atoms with Crippen molar-refractivity contribution < 1.29 is 9.59 Å². The Balaban J connectivity index is 1.72. The highest BCUT2D eigenvalue weighted by Gasteiger charge is 2.32. The highest BCUT2D eigenvalue weighted by atomic mass is 35.5. The molecule has 0 saturated carbocycles. The fourth-order valence-electron chi connectivity index (χ4n) is 2.94. The van der Waals surface area contributed by atoms with Gasteiger partial charge in [-0.15, -0.1) is 0 Å². The fraction of sp³-hybridized carbons (Fsp3) is 0.353. The van der Waals surface area contributed by atoms with Crippen LogP contribution < -0.4 is 4.90 Å². The van der Waals surface area contributed by atoms with Crippen molar-refractivity contribution in [2.24, 2.45) is 0 Å². The minimum atomic E-state index is -0.375. The van der Waals surface area contributed by atoms with E-state index in [0.29, 0.717) is 30.2 Å². The zero-order valence-corrected chi connectivity index (χ0v) is 14.2. The van der Waals surface area contributed by atoms with Gasteiger partial charge in [-0.2, -0.15) is 5.10 Å². The van der Waals surface area contributed by atoms with Crippen molar-refractivity contribution in [3.63, 3.8) is 0 Å². The maximum absolute atomic E-state index is 12.8. The number of carbonyl (C=O) groups is 2. The molecule has 1 aromatic carbocycles. The van der Waals surface area contributed by atoms with E-state index in [1.165, 1.54) is 0 Å². The lowest BCUT2D eigenvalue weighted by Crippen LogP contribution is -2.54. The van der Waals surface area contributed by atoms with Crippen LogP contribution in [0.2, 0.25) is 5.02 Å². The molecule has 0 radical (unpaired) electrons. The molecule has 3 rings (SSSR count). The van der Waals surface area contributed by atoms with Crippen molar-refractivity contribution in [1.82, 2.24) is 14.7 Å². The molecule has 24 heavy (non-hydrogen) atoms. The number of nitrogens with zero attached hydrogens (tertiary/aromatic N) is 4. The number of amides is 2. The zero-order valence-electron chi connectivity index (χ0n) is 13.4. The summed E-state index contributed by atoms with van der Waals surface area (Å²) in [5, 5.41) is 4.69. The van der Waals surface area contributed by atoms with E-state index < -0.39 is 0 Å². The lowest BCUT2D eigenvalue weighted by Gasteiger charge is -2.36. The smallest absolute Gasteiger partial charge is 0.247 e. The first-order valence-electron chi connectivity index (χ1n) is 7.94. The lowest BCUT2D eigenvalue weighted by molar-refractivity contribution is -0.140. The molecule has 1 unspecified atom stereocenters. The first-order valence-corrected chi connectivity index (χ1v) is 8.32. The van der Waals surface area contributed by atoms with Gasteiger partial charge in [-0.3, -0.25) is 14.3 Å². The van der Waals surface area contributed by atoms with Crippen molar-refractivity contribution >= 4 is 29.1 Å². The average molecular weight is 347 g/mol. The Kier molecular flexibility index (Phi) is 4.85. The molecule has 0 aliphatic carbocycles. The van der Waals surface area contributed by atoms with E-state index in [0.717, 1.165) is 0 Å². The third kappa shape index (κ3) is 3.14. The molecule has 2 amide bonds. The molecule has 7 heteroatoms. The molecular weight excluding hydrogens is 328 g/mol. The van der Waals surface area contributed by atoms with E-state index >= 15 is 0 Å². The Bertz CT molecular complexity index is 732. The Morgan fingerprint density at radius 3 is 2.71 bits per heavy atom. The summed E-state index contributed by atoms with van der Waals surface area (Å²) in [6.07, 6.45) is 4.05. The van der Waals surface area contributed by atoms with E-state index in [-0.39, 0.29) is 24.4 Å². The van der Waals surface area contributed by atoms with Gasteiger partial charge in [-0.1, -0.05) is 30.7 Å². The summed E-state index contributed by atoms with van der Waals surface area (Å²) in [6.45, 7) is 2.91. The maximum atomic E-state index is 12.8. The van der Waals surface area contributed by atoms with Crippen LogP contribution in [0, 0.1) is 0 Å². The van der Waals surface area contributed by atoms with Gasteiger partial charge in [0.25, 0.3) is 0 Å². The number of rotatable bonds is 4. The molecule has 6 nitrogen and oxygen atoms in total. The molecule has 1 aromatic heterocycles. The zero-order chi connectivity index (χ0) is 17.1. The Labute approximate surface area is 145 Å². The number of anilines is 1. The van der Waals surface area contributed by atoms with Crippen LogP contribution in [0.1, 0.15) is 19.4 Å². The van der Waals surface area contributed by atoms with Gasteiger partial charge in [0.1, 0.15) is 12.6 Å². The van der Waals surface area contributed by atoms with E-state index in [2.05, 4.69) is 5.10 Å². The number of piperazine rings is 1. The predicted octanol–water partition coefficient (Wildman–Crippen LogP) is 2.36. The highest BCUT2D eigenvalue weighted by molar-refractivity contribution is 6.33. The Morgan fingerprint density at radius 2 is 2.08 bits per heavy atom. The molecule has 1 aliphatic rings. The van der Waals surface area contributed by atoms with Crippen molar-refractivity contribution in [3.05, 3.63) is 47.7 Å². The summed E-state index contributed by atoms with van der Waals surface area (Å²) < 4.78 is 1.65. The lowest BCUT2D eigenvalue weighted by atomic mass is 10.1. The third-order valence-corrected chi connectivity index (χ3v) is 4.51. The number of benzene rings is 1. The predicted molar refractivity (Wildman–Crippen MR) is 91.9 cm³/mol. The molecule has 0 spiro atoms. The molecule has 0 bridgehead atoms. The van der Waals surface area contributed by atoms with Crippen LogP contribution in [0.15, 0.2) is 42.7 Å².